The first kappa shape index (κ1) is 14.4. The van der Waals surface area contributed by atoms with E-state index in [1.54, 1.807) is 13.0 Å². The molecule has 2 N–H and O–H groups in total. The number of aryl methyl sites for hydroxylation is 1. The lowest BCUT2D eigenvalue weighted by atomic mass is 10.2. The molecule has 18 heavy (non-hydrogen) atoms. The van der Waals surface area contributed by atoms with Gasteiger partial charge in [0.15, 0.2) is 0 Å². The van der Waals surface area contributed by atoms with Crippen molar-refractivity contribution >= 4 is 21.4 Å². The van der Waals surface area contributed by atoms with Crippen molar-refractivity contribution in [2.45, 2.75) is 6.92 Å². The van der Waals surface area contributed by atoms with Crippen LogP contribution in [0.15, 0.2) is 18.2 Å². The number of non-ortho nitro benzene ring substituents is 1. The van der Waals surface area contributed by atoms with E-state index in [-0.39, 0.29) is 18.0 Å². The van der Waals surface area contributed by atoms with Gasteiger partial charge in [0.1, 0.15) is 0 Å². The van der Waals surface area contributed by atoms with E-state index in [9.17, 15) is 18.5 Å². The molecule has 0 aromatic heterocycles. The van der Waals surface area contributed by atoms with Crippen LogP contribution in [0.1, 0.15) is 5.56 Å². The van der Waals surface area contributed by atoms with Gasteiger partial charge >= 0.3 is 0 Å². The Morgan fingerprint density at radius 1 is 1.39 bits per heavy atom. The number of rotatable bonds is 6. The number of benzene rings is 1. The Bertz CT molecular complexity index is 542. The lowest BCUT2D eigenvalue weighted by Crippen LogP contribution is -2.26. The van der Waals surface area contributed by atoms with Crippen molar-refractivity contribution in [3.05, 3.63) is 33.9 Å². The molecule has 1 aromatic rings. The zero-order valence-corrected chi connectivity index (χ0v) is 11.0. The van der Waals surface area contributed by atoms with Gasteiger partial charge in [-0.25, -0.2) is 13.1 Å². The topological polar surface area (TPSA) is 101 Å². The van der Waals surface area contributed by atoms with Gasteiger partial charge in [0, 0.05) is 24.4 Å². The number of hydrogen-bond acceptors (Lipinski definition) is 5. The van der Waals surface area contributed by atoms with Crippen LogP contribution in [-0.2, 0) is 10.0 Å². The van der Waals surface area contributed by atoms with Crippen molar-refractivity contribution in [3.63, 3.8) is 0 Å². The normalized spacial score (nSPS) is 11.2. The lowest BCUT2D eigenvalue weighted by Gasteiger charge is -2.09. The third kappa shape index (κ3) is 3.97. The van der Waals surface area contributed by atoms with Crippen LogP contribution in [0.5, 0.6) is 0 Å². The van der Waals surface area contributed by atoms with Crippen LogP contribution in [0, 0.1) is 17.0 Å². The molecule has 0 unspecified atom stereocenters. The smallest absolute Gasteiger partial charge is 0.271 e. The quantitative estimate of drug-likeness (QED) is 0.591. The number of nitrogens with one attached hydrogen (secondary N) is 2. The molecular weight excluding hydrogens is 258 g/mol. The predicted molar refractivity (Wildman–Crippen MR) is 69.2 cm³/mol. The maximum Gasteiger partial charge on any atom is 0.271 e. The summed E-state index contributed by atoms with van der Waals surface area (Å²) in [7, 11) is -1.93. The summed E-state index contributed by atoms with van der Waals surface area (Å²) in [5, 5.41) is 13.5. The Labute approximate surface area is 105 Å². The van der Waals surface area contributed by atoms with Crippen molar-refractivity contribution in [2.75, 3.05) is 24.7 Å². The summed E-state index contributed by atoms with van der Waals surface area (Å²) in [6, 6.07) is 4.42. The largest absolute Gasteiger partial charge is 0.384 e. The summed E-state index contributed by atoms with van der Waals surface area (Å²) in [6.45, 7) is 1.98. The third-order valence-corrected chi connectivity index (χ3v) is 3.79. The molecule has 7 nitrogen and oxygen atoms in total. The van der Waals surface area contributed by atoms with Gasteiger partial charge in [-0.05, 0) is 19.5 Å². The third-order valence-electron chi connectivity index (χ3n) is 2.43. The van der Waals surface area contributed by atoms with E-state index in [1.165, 1.54) is 19.2 Å². The molecule has 0 aliphatic heterocycles. The summed E-state index contributed by atoms with van der Waals surface area (Å²) in [5.74, 6) is -0.0916. The molecule has 0 heterocycles. The molecule has 0 radical (unpaired) electrons. The highest BCUT2D eigenvalue weighted by Crippen LogP contribution is 2.21. The Hall–Kier alpha value is -1.67. The van der Waals surface area contributed by atoms with E-state index < -0.39 is 14.9 Å². The second-order valence-electron chi connectivity index (χ2n) is 3.71. The number of anilines is 1. The second-order valence-corrected chi connectivity index (χ2v) is 5.75. The van der Waals surface area contributed by atoms with E-state index in [2.05, 4.69) is 10.0 Å². The monoisotopic (exact) mass is 273 g/mol. The summed E-state index contributed by atoms with van der Waals surface area (Å²) in [6.07, 6.45) is 0. The van der Waals surface area contributed by atoms with Crippen LogP contribution in [0.25, 0.3) is 0 Å². The zero-order chi connectivity index (χ0) is 13.8. The maximum atomic E-state index is 11.2. The van der Waals surface area contributed by atoms with E-state index in [0.717, 1.165) is 5.56 Å². The summed E-state index contributed by atoms with van der Waals surface area (Å²) < 4.78 is 24.6. The standard InChI is InChI=1S/C10H15N3O4S/c1-8-3-4-9(13(14)15)7-10(8)12-5-6-18(16,17)11-2/h3-4,7,11-12H,5-6H2,1-2H3. The highest BCUT2D eigenvalue weighted by atomic mass is 32.2. The molecule has 0 bridgehead atoms. The van der Waals surface area contributed by atoms with Gasteiger partial charge in [-0.15, -0.1) is 0 Å². The van der Waals surface area contributed by atoms with Gasteiger partial charge in [-0.3, -0.25) is 10.1 Å². The van der Waals surface area contributed by atoms with E-state index >= 15 is 0 Å². The Balaban J connectivity index is 2.73. The van der Waals surface area contributed by atoms with E-state index in [0.29, 0.717) is 5.69 Å². The molecular formula is C10H15N3O4S. The fourth-order valence-electron chi connectivity index (χ4n) is 1.34. The molecule has 0 amide bonds. The molecule has 8 heteroatoms. The van der Waals surface area contributed by atoms with Crippen molar-refractivity contribution in [1.82, 2.24) is 4.72 Å². The molecule has 1 aromatic carbocycles. The molecule has 0 fully saturated rings. The molecule has 0 spiro atoms. The SMILES string of the molecule is CNS(=O)(=O)CCNc1cc([N+](=O)[O-])ccc1C. The minimum absolute atomic E-state index is 0.0282. The number of hydrogen-bond donors (Lipinski definition) is 2. The Morgan fingerprint density at radius 2 is 2.06 bits per heavy atom. The molecule has 0 saturated carbocycles. The fraction of sp³-hybridized carbons (Fsp3) is 0.400. The molecule has 100 valence electrons. The molecule has 0 saturated heterocycles. The van der Waals surface area contributed by atoms with Gasteiger partial charge in [0.25, 0.3) is 5.69 Å². The minimum atomic E-state index is -3.28. The zero-order valence-electron chi connectivity index (χ0n) is 10.1. The number of sulfonamides is 1. The molecule has 0 aliphatic carbocycles. The summed E-state index contributed by atoms with van der Waals surface area (Å²) in [4.78, 5) is 10.1. The van der Waals surface area contributed by atoms with Gasteiger partial charge in [-0.1, -0.05) is 6.07 Å². The van der Waals surface area contributed by atoms with Crippen LogP contribution >= 0.6 is 0 Å². The molecule has 0 atom stereocenters. The van der Waals surface area contributed by atoms with Gasteiger partial charge in [0.2, 0.25) is 10.0 Å². The van der Waals surface area contributed by atoms with Crippen molar-refractivity contribution in [2.24, 2.45) is 0 Å². The maximum absolute atomic E-state index is 11.2. The van der Waals surface area contributed by atoms with Crippen LogP contribution in [0.2, 0.25) is 0 Å². The summed E-state index contributed by atoms with van der Waals surface area (Å²) in [5.41, 5.74) is 1.36. The number of nitrogens with zero attached hydrogens (tertiary/aromatic N) is 1. The van der Waals surface area contributed by atoms with Crippen molar-refractivity contribution in [3.8, 4) is 0 Å². The average molecular weight is 273 g/mol. The number of nitro benzene ring substituents is 1. The first-order valence-electron chi connectivity index (χ1n) is 5.26. The first-order valence-corrected chi connectivity index (χ1v) is 6.91. The fourth-order valence-corrected chi connectivity index (χ4v) is 1.91. The van der Waals surface area contributed by atoms with Crippen LogP contribution < -0.4 is 10.0 Å². The van der Waals surface area contributed by atoms with Crippen LogP contribution in [0.4, 0.5) is 11.4 Å². The molecule has 0 aliphatic rings. The van der Waals surface area contributed by atoms with Gasteiger partial charge in [0.05, 0.1) is 10.7 Å². The van der Waals surface area contributed by atoms with Crippen LogP contribution in [0.3, 0.4) is 0 Å². The van der Waals surface area contributed by atoms with E-state index in [4.69, 9.17) is 0 Å². The highest BCUT2D eigenvalue weighted by molar-refractivity contribution is 7.89. The average Bonchev–Trinajstić information content (AvgIpc) is 2.31. The second kappa shape index (κ2) is 5.78. The predicted octanol–water partition coefficient (Wildman–Crippen LogP) is 0.864. The Kier molecular flexibility index (Phi) is 4.62. The Morgan fingerprint density at radius 3 is 2.61 bits per heavy atom. The molecule has 1 rings (SSSR count). The minimum Gasteiger partial charge on any atom is -0.384 e. The number of nitro groups is 1. The lowest BCUT2D eigenvalue weighted by molar-refractivity contribution is -0.384. The summed E-state index contributed by atoms with van der Waals surface area (Å²) >= 11 is 0. The van der Waals surface area contributed by atoms with Gasteiger partial charge < -0.3 is 5.32 Å². The van der Waals surface area contributed by atoms with Crippen molar-refractivity contribution < 1.29 is 13.3 Å². The first-order chi connectivity index (χ1) is 8.35. The highest BCUT2D eigenvalue weighted by Gasteiger charge is 2.10. The van der Waals surface area contributed by atoms with E-state index in [1.807, 2.05) is 0 Å². The van der Waals surface area contributed by atoms with Crippen LogP contribution in [-0.4, -0.2) is 32.7 Å². The van der Waals surface area contributed by atoms with Crippen molar-refractivity contribution in [1.29, 1.82) is 0 Å². The van der Waals surface area contributed by atoms with Gasteiger partial charge in [-0.2, -0.15) is 0 Å².